The quantitative estimate of drug-likeness (QED) is 0.416. The topological polar surface area (TPSA) is 93.5 Å². The summed E-state index contributed by atoms with van der Waals surface area (Å²) in [5.74, 6) is -0.267. The number of rotatable bonds is 5. The highest BCUT2D eigenvalue weighted by Gasteiger charge is 2.32. The predicted molar refractivity (Wildman–Crippen MR) is 147 cm³/mol. The molecule has 8 nitrogen and oxygen atoms in total. The molecule has 1 aliphatic rings. The number of hydrogen-bond donors (Lipinski definition) is 1. The Balaban J connectivity index is 1.63. The van der Waals surface area contributed by atoms with Gasteiger partial charge in [0.25, 0.3) is 5.91 Å². The molecule has 2 aromatic carbocycles. The van der Waals surface area contributed by atoms with Gasteiger partial charge in [0, 0.05) is 30.3 Å². The van der Waals surface area contributed by atoms with Gasteiger partial charge in [0.2, 0.25) is 0 Å². The smallest absolute Gasteiger partial charge is 0.410 e. The first-order valence-electron chi connectivity index (χ1n) is 13.0. The molecule has 1 aliphatic heterocycles. The van der Waals surface area contributed by atoms with Gasteiger partial charge in [-0.2, -0.15) is 5.10 Å². The van der Waals surface area contributed by atoms with Crippen molar-refractivity contribution >= 4 is 23.5 Å². The van der Waals surface area contributed by atoms with E-state index in [1.165, 1.54) is 6.92 Å². The molecule has 0 radical (unpaired) electrons. The van der Waals surface area contributed by atoms with Crippen molar-refractivity contribution < 1.29 is 19.1 Å². The Morgan fingerprint density at radius 2 is 1.66 bits per heavy atom. The summed E-state index contributed by atoms with van der Waals surface area (Å²) in [6.45, 7) is 12.2. The molecule has 0 bridgehead atoms. The molecule has 0 aliphatic carbocycles. The number of anilines is 1. The summed E-state index contributed by atoms with van der Waals surface area (Å²) in [7, 11) is 0. The molecule has 2 amide bonds. The molecule has 2 heterocycles. The second-order valence-corrected chi connectivity index (χ2v) is 11.0. The van der Waals surface area contributed by atoms with E-state index in [0.29, 0.717) is 42.7 Å². The molecular weight excluding hydrogens is 480 g/mol. The van der Waals surface area contributed by atoms with Crippen LogP contribution in [-0.2, 0) is 4.74 Å². The number of amides is 2. The van der Waals surface area contributed by atoms with Crippen LogP contribution in [0.4, 0.5) is 10.5 Å². The lowest BCUT2D eigenvalue weighted by Crippen LogP contribution is -2.41. The first-order valence-corrected chi connectivity index (χ1v) is 13.0. The van der Waals surface area contributed by atoms with Gasteiger partial charge in [0.1, 0.15) is 5.60 Å². The largest absolute Gasteiger partial charge is 0.444 e. The van der Waals surface area contributed by atoms with E-state index in [-0.39, 0.29) is 23.7 Å². The second-order valence-electron chi connectivity index (χ2n) is 11.0. The Labute approximate surface area is 224 Å². The van der Waals surface area contributed by atoms with Crippen LogP contribution in [0.25, 0.3) is 5.69 Å². The number of Topliss-reactive ketones (excluding diaryl/α,β-unsaturated/α-hetero) is 1. The summed E-state index contributed by atoms with van der Waals surface area (Å²) in [5.41, 5.74) is 5.10. The Bertz CT molecular complexity index is 1340. The van der Waals surface area contributed by atoms with Gasteiger partial charge in [0.05, 0.1) is 23.1 Å². The maximum absolute atomic E-state index is 13.5. The third-order valence-corrected chi connectivity index (χ3v) is 6.71. The fraction of sp³-hybridized carbons (Fsp3) is 0.400. The van der Waals surface area contributed by atoms with Crippen LogP contribution in [0.2, 0.25) is 0 Å². The Morgan fingerprint density at radius 3 is 2.24 bits per heavy atom. The van der Waals surface area contributed by atoms with Gasteiger partial charge in [-0.15, -0.1) is 0 Å². The van der Waals surface area contributed by atoms with Gasteiger partial charge in [-0.1, -0.05) is 17.7 Å². The minimum absolute atomic E-state index is 0.0257. The molecule has 38 heavy (non-hydrogen) atoms. The fourth-order valence-corrected chi connectivity index (χ4v) is 4.81. The summed E-state index contributed by atoms with van der Waals surface area (Å²) in [6, 6.07) is 13.0. The predicted octanol–water partition coefficient (Wildman–Crippen LogP) is 6.06. The number of nitrogens with one attached hydrogen (secondary N) is 1. The Kier molecular flexibility index (Phi) is 7.71. The molecule has 1 fully saturated rings. The highest BCUT2D eigenvalue weighted by atomic mass is 16.6. The van der Waals surface area contributed by atoms with Gasteiger partial charge < -0.3 is 15.0 Å². The van der Waals surface area contributed by atoms with Crippen LogP contribution in [0, 0.1) is 13.8 Å². The molecular formula is C30H36N4O4. The minimum Gasteiger partial charge on any atom is -0.444 e. The van der Waals surface area contributed by atoms with Crippen LogP contribution in [0.1, 0.15) is 84.0 Å². The highest BCUT2D eigenvalue weighted by Crippen LogP contribution is 2.34. The normalized spacial score (nSPS) is 14.3. The number of nitrogens with zero attached hydrogens (tertiary/aromatic N) is 3. The van der Waals surface area contributed by atoms with Gasteiger partial charge in [-0.25, -0.2) is 9.48 Å². The molecule has 1 saturated heterocycles. The summed E-state index contributed by atoms with van der Waals surface area (Å²) in [5, 5.41) is 7.62. The monoisotopic (exact) mass is 516 g/mol. The Hall–Kier alpha value is -3.94. The van der Waals surface area contributed by atoms with E-state index in [4.69, 9.17) is 4.74 Å². The van der Waals surface area contributed by atoms with Gasteiger partial charge >= 0.3 is 6.09 Å². The SMILES string of the molecule is CC(=O)c1ccc(NC(=O)c2cnn(-c3ccc(C)cc3C)c2C2CCN(C(=O)OC(C)(C)C)CC2)cc1. The zero-order valence-corrected chi connectivity index (χ0v) is 23.0. The standard InChI is InChI=1S/C30H36N4O4/c1-19-7-12-26(20(2)17-19)34-27(23-13-15-33(16-14-23)29(37)38-30(4,5)6)25(18-31-34)28(36)32-24-10-8-22(9-11-24)21(3)35/h7-12,17-18,23H,13-16H2,1-6H3,(H,32,36). The molecule has 1 aromatic heterocycles. The molecule has 8 heteroatoms. The van der Waals surface area contributed by atoms with Crippen LogP contribution >= 0.6 is 0 Å². The van der Waals surface area contributed by atoms with Crippen molar-refractivity contribution in [1.29, 1.82) is 0 Å². The number of aryl methyl sites for hydroxylation is 2. The number of ether oxygens (including phenoxy) is 1. The molecule has 0 spiro atoms. The van der Waals surface area contributed by atoms with E-state index in [1.807, 2.05) is 51.4 Å². The number of ketones is 1. The lowest BCUT2D eigenvalue weighted by molar-refractivity contribution is 0.0203. The van der Waals surface area contributed by atoms with Crippen LogP contribution < -0.4 is 5.32 Å². The third kappa shape index (κ3) is 6.13. The van der Waals surface area contributed by atoms with E-state index in [1.54, 1.807) is 35.4 Å². The molecule has 0 unspecified atom stereocenters. The Morgan fingerprint density at radius 1 is 1.00 bits per heavy atom. The van der Waals surface area contributed by atoms with Crippen molar-refractivity contribution in [2.24, 2.45) is 0 Å². The average molecular weight is 517 g/mol. The number of piperidine rings is 1. The van der Waals surface area contributed by atoms with Crippen molar-refractivity contribution in [3.63, 3.8) is 0 Å². The van der Waals surface area contributed by atoms with Crippen LogP contribution in [-0.4, -0.2) is 51.2 Å². The molecule has 3 aromatic rings. The number of likely N-dealkylation sites (tertiary alicyclic amines) is 1. The number of hydrogen-bond acceptors (Lipinski definition) is 5. The van der Waals surface area contributed by atoms with Crippen molar-refractivity contribution in [3.8, 4) is 5.69 Å². The van der Waals surface area contributed by atoms with Crippen molar-refractivity contribution in [2.45, 2.75) is 65.9 Å². The number of benzene rings is 2. The van der Waals surface area contributed by atoms with Crippen molar-refractivity contribution in [1.82, 2.24) is 14.7 Å². The van der Waals surface area contributed by atoms with Crippen molar-refractivity contribution in [3.05, 3.63) is 76.6 Å². The van der Waals surface area contributed by atoms with E-state index in [0.717, 1.165) is 22.5 Å². The number of carbonyl (C=O) groups excluding carboxylic acids is 3. The summed E-state index contributed by atoms with van der Waals surface area (Å²) in [6.07, 6.45) is 2.67. The lowest BCUT2D eigenvalue weighted by atomic mass is 9.90. The molecule has 4 rings (SSSR count). The maximum atomic E-state index is 13.5. The summed E-state index contributed by atoms with van der Waals surface area (Å²) < 4.78 is 7.43. The zero-order valence-electron chi connectivity index (χ0n) is 23.0. The molecule has 1 N–H and O–H groups in total. The maximum Gasteiger partial charge on any atom is 0.410 e. The molecule has 0 atom stereocenters. The third-order valence-electron chi connectivity index (χ3n) is 6.71. The lowest BCUT2D eigenvalue weighted by Gasteiger charge is -2.34. The highest BCUT2D eigenvalue weighted by molar-refractivity contribution is 6.05. The summed E-state index contributed by atoms with van der Waals surface area (Å²) in [4.78, 5) is 39.5. The van der Waals surface area contributed by atoms with Gasteiger partial charge in [-0.05, 0) is 90.3 Å². The van der Waals surface area contributed by atoms with E-state index >= 15 is 0 Å². The van der Waals surface area contributed by atoms with Gasteiger partial charge in [-0.3, -0.25) is 9.59 Å². The second kappa shape index (κ2) is 10.8. The van der Waals surface area contributed by atoms with Crippen LogP contribution in [0.5, 0.6) is 0 Å². The first-order chi connectivity index (χ1) is 17.9. The van der Waals surface area contributed by atoms with Crippen LogP contribution in [0.15, 0.2) is 48.7 Å². The fourth-order valence-electron chi connectivity index (χ4n) is 4.81. The first kappa shape index (κ1) is 27.1. The minimum atomic E-state index is -0.552. The average Bonchev–Trinajstić information content (AvgIpc) is 3.28. The van der Waals surface area contributed by atoms with E-state index < -0.39 is 5.60 Å². The van der Waals surface area contributed by atoms with Gasteiger partial charge in [0.15, 0.2) is 5.78 Å². The van der Waals surface area contributed by atoms with E-state index in [9.17, 15) is 14.4 Å². The molecule has 200 valence electrons. The zero-order chi connectivity index (χ0) is 27.6. The molecule has 0 saturated carbocycles. The number of aromatic nitrogens is 2. The van der Waals surface area contributed by atoms with Crippen LogP contribution in [0.3, 0.4) is 0 Å². The van der Waals surface area contributed by atoms with E-state index in [2.05, 4.69) is 16.5 Å². The van der Waals surface area contributed by atoms with Crippen molar-refractivity contribution in [2.75, 3.05) is 18.4 Å². The summed E-state index contributed by atoms with van der Waals surface area (Å²) >= 11 is 0. The number of carbonyl (C=O) groups is 3.